The summed E-state index contributed by atoms with van der Waals surface area (Å²) in [5.41, 5.74) is 4.54. The highest BCUT2D eigenvalue weighted by atomic mass is 19.1. The van der Waals surface area contributed by atoms with Gasteiger partial charge in [-0.2, -0.15) is 0 Å². The standard InChI is InChI=1S/C17H28O.C13H22FNO.C2H2/c1-6-13(12-14(7-2)17(3,4)5)15-10-8-9-11-16(15)18;1-4-11(2)9-12(7-8-14)5-6-13(16)10-15-3;1-2/h6-7,12,15-16,18H,2,8-11H2,1,3-5H3;4,7,9,13,15-16H,1,5-6,8,10H2,2-3H3;1-2H/b13-6+,14-12+;11-9-,12-7-;. The van der Waals surface area contributed by atoms with E-state index in [1.807, 2.05) is 19.1 Å². The number of hydrogen-bond donors (Lipinski definition) is 3. The molecule has 0 aromatic rings. The predicted octanol–water partition coefficient (Wildman–Crippen LogP) is 7.27. The lowest BCUT2D eigenvalue weighted by Crippen LogP contribution is -2.26. The molecule has 1 aliphatic carbocycles. The first-order chi connectivity index (χ1) is 17.0. The summed E-state index contributed by atoms with van der Waals surface area (Å²) in [6, 6.07) is 0. The highest BCUT2D eigenvalue weighted by molar-refractivity contribution is 5.34. The number of halogens is 1. The van der Waals surface area contributed by atoms with Gasteiger partial charge < -0.3 is 15.5 Å². The molecule has 36 heavy (non-hydrogen) atoms. The van der Waals surface area contributed by atoms with Gasteiger partial charge in [0.25, 0.3) is 0 Å². The largest absolute Gasteiger partial charge is 0.392 e. The van der Waals surface area contributed by atoms with Gasteiger partial charge in [0.2, 0.25) is 0 Å². The van der Waals surface area contributed by atoms with Crippen LogP contribution in [-0.2, 0) is 0 Å². The summed E-state index contributed by atoms with van der Waals surface area (Å²) >= 11 is 0. The first-order valence-electron chi connectivity index (χ1n) is 12.9. The van der Waals surface area contributed by atoms with Gasteiger partial charge in [0, 0.05) is 12.5 Å². The number of alkyl halides is 1. The van der Waals surface area contributed by atoms with Gasteiger partial charge in [0.15, 0.2) is 0 Å². The van der Waals surface area contributed by atoms with Gasteiger partial charge in [0.1, 0.15) is 6.67 Å². The lowest BCUT2D eigenvalue weighted by molar-refractivity contribution is 0.0888. The second kappa shape index (κ2) is 20.9. The number of rotatable bonds is 11. The van der Waals surface area contributed by atoms with Crippen LogP contribution >= 0.6 is 0 Å². The molecule has 3 N–H and O–H groups in total. The monoisotopic (exact) mass is 501 g/mol. The SMILES string of the molecule is C#C.C=C/C(=C\C(=C/C)C1CCCCC1O)C(C)(C)C.C=C/C(C)=C\C(=C/CF)CCC(O)CNC. The Kier molecular flexibility index (Phi) is 20.9. The summed E-state index contributed by atoms with van der Waals surface area (Å²) < 4.78 is 12.3. The third kappa shape index (κ3) is 15.7. The normalized spacial score (nSPS) is 20.3. The molecular formula is C32H52FNO2. The molecule has 3 atom stereocenters. The zero-order valence-electron chi connectivity index (χ0n) is 23.7. The summed E-state index contributed by atoms with van der Waals surface area (Å²) in [5, 5.41) is 22.6. The molecular weight excluding hydrogens is 449 g/mol. The number of likely N-dealkylation sites (N-methyl/N-ethyl adjacent to an activating group) is 1. The quantitative estimate of drug-likeness (QED) is 0.206. The Morgan fingerprint density at radius 2 is 1.75 bits per heavy atom. The molecule has 0 bridgehead atoms. The Morgan fingerprint density at radius 3 is 2.19 bits per heavy atom. The van der Waals surface area contributed by atoms with Gasteiger partial charge in [-0.05, 0) is 68.7 Å². The summed E-state index contributed by atoms with van der Waals surface area (Å²) in [6.07, 6.45) is 24.7. The fourth-order valence-electron chi connectivity index (χ4n) is 4.02. The Morgan fingerprint density at radius 1 is 1.14 bits per heavy atom. The van der Waals surface area contributed by atoms with E-state index in [-0.39, 0.29) is 17.6 Å². The first-order valence-corrected chi connectivity index (χ1v) is 12.9. The second-order valence-corrected chi connectivity index (χ2v) is 10.1. The van der Waals surface area contributed by atoms with Crippen LogP contribution in [0.3, 0.4) is 0 Å². The molecule has 3 nitrogen and oxygen atoms in total. The van der Waals surface area contributed by atoms with Crippen molar-refractivity contribution in [3.05, 3.63) is 71.9 Å². The van der Waals surface area contributed by atoms with E-state index in [0.717, 1.165) is 30.4 Å². The third-order valence-corrected chi connectivity index (χ3v) is 6.18. The average Bonchev–Trinajstić information content (AvgIpc) is 2.85. The Balaban J connectivity index is 0. The molecule has 1 saturated carbocycles. The van der Waals surface area contributed by atoms with Crippen LogP contribution in [0.15, 0.2) is 71.9 Å². The van der Waals surface area contributed by atoms with Gasteiger partial charge in [-0.3, -0.25) is 0 Å². The minimum Gasteiger partial charge on any atom is -0.392 e. The van der Waals surface area contributed by atoms with Crippen molar-refractivity contribution in [1.29, 1.82) is 0 Å². The molecule has 0 aliphatic heterocycles. The maximum Gasteiger partial charge on any atom is 0.108 e. The van der Waals surface area contributed by atoms with Crippen molar-refractivity contribution in [2.75, 3.05) is 20.3 Å². The Hall–Kier alpha value is -2.19. The molecule has 0 heterocycles. The summed E-state index contributed by atoms with van der Waals surface area (Å²) in [4.78, 5) is 0. The third-order valence-electron chi connectivity index (χ3n) is 6.18. The van der Waals surface area contributed by atoms with Crippen LogP contribution in [0.25, 0.3) is 0 Å². The maximum atomic E-state index is 12.3. The van der Waals surface area contributed by atoms with Crippen LogP contribution in [0.2, 0.25) is 0 Å². The molecule has 0 aromatic carbocycles. The van der Waals surface area contributed by atoms with E-state index in [2.05, 4.69) is 71.2 Å². The zero-order chi connectivity index (χ0) is 28.1. The lowest BCUT2D eigenvalue weighted by atomic mass is 9.78. The van der Waals surface area contributed by atoms with E-state index in [1.165, 1.54) is 17.6 Å². The Labute approximate surface area is 221 Å². The molecule has 0 radical (unpaired) electrons. The molecule has 0 amide bonds. The lowest BCUT2D eigenvalue weighted by Gasteiger charge is -2.30. The van der Waals surface area contributed by atoms with E-state index >= 15 is 0 Å². The molecule has 1 aliphatic rings. The van der Waals surface area contributed by atoms with E-state index in [0.29, 0.717) is 25.3 Å². The van der Waals surface area contributed by atoms with Gasteiger partial charge >= 0.3 is 0 Å². The predicted molar refractivity (Wildman–Crippen MR) is 157 cm³/mol. The molecule has 1 rings (SSSR count). The van der Waals surface area contributed by atoms with Crippen molar-refractivity contribution in [1.82, 2.24) is 5.32 Å². The molecule has 0 aromatic heterocycles. The average molecular weight is 502 g/mol. The molecule has 3 unspecified atom stereocenters. The number of terminal acetylenes is 1. The van der Waals surface area contributed by atoms with Crippen molar-refractivity contribution in [3.63, 3.8) is 0 Å². The minimum atomic E-state index is -0.474. The minimum absolute atomic E-state index is 0.107. The van der Waals surface area contributed by atoms with Crippen LogP contribution < -0.4 is 5.32 Å². The van der Waals surface area contributed by atoms with Crippen LogP contribution in [0, 0.1) is 24.2 Å². The fraction of sp³-hybridized carbons (Fsp3) is 0.562. The highest BCUT2D eigenvalue weighted by Crippen LogP contribution is 2.34. The number of aliphatic hydroxyl groups excluding tert-OH is 2. The van der Waals surface area contributed by atoms with Gasteiger partial charge in [-0.1, -0.05) is 88.8 Å². The van der Waals surface area contributed by atoms with Crippen molar-refractivity contribution >= 4 is 0 Å². The van der Waals surface area contributed by atoms with Crippen LogP contribution in [0.5, 0.6) is 0 Å². The molecule has 204 valence electrons. The van der Waals surface area contributed by atoms with Crippen molar-refractivity contribution in [2.45, 2.75) is 85.4 Å². The summed E-state index contributed by atoms with van der Waals surface area (Å²) in [6.45, 7) is 18.2. The second-order valence-electron chi connectivity index (χ2n) is 10.1. The summed E-state index contributed by atoms with van der Waals surface area (Å²) in [7, 11) is 1.79. The molecule has 1 fully saturated rings. The number of aliphatic hydroxyl groups is 2. The zero-order valence-corrected chi connectivity index (χ0v) is 23.7. The van der Waals surface area contributed by atoms with Crippen molar-refractivity contribution in [3.8, 4) is 12.8 Å². The van der Waals surface area contributed by atoms with E-state index in [4.69, 9.17) is 0 Å². The number of hydrogen-bond acceptors (Lipinski definition) is 3. The number of allylic oxidation sites excluding steroid dienone is 9. The molecule has 0 spiro atoms. The van der Waals surface area contributed by atoms with Crippen molar-refractivity contribution < 1.29 is 14.6 Å². The molecule has 4 heteroatoms. The molecule has 0 saturated heterocycles. The van der Waals surface area contributed by atoms with E-state index in [9.17, 15) is 14.6 Å². The van der Waals surface area contributed by atoms with Crippen LogP contribution in [0.1, 0.15) is 73.1 Å². The highest BCUT2D eigenvalue weighted by Gasteiger charge is 2.26. The van der Waals surface area contributed by atoms with Crippen LogP contribution in [0.4, 0.5) is 4.39 Å². The van der Waals surface area contributed by atoms with Gasteiger partial charge in [-0.25, -0.2) is 4.39 Å². The van der Waals surface area contributed by atoms with Gasteiger partial charge in [0.05, 0.1) is 12.2 Å². The van der Waals surface area contributed by atoms with E-state index < -0.39 is 6.67 Å². The summed E-state index contributed by atoms with van der Waals surface area (Å²) in [5.74, 6) is 0.307. The topological polar surface area (TPSA) is 52.5 Å². The van der Waals surface area contributed by atoms with Crippen LogP contribution in [-0.4, -0.2) is 42.7 Å². The van der Waals surface area contributed by atoms with Crippen molar-refractivity contribution in [2.24, 2.45) is 11.3 Å². The van der Waals surface area contributed by atoms with Gasteiger partial charge in [-0.15, -0.1) is 12.8 Å². The number of nitrogens with one attached hydrogen (secondary N) is 1. The maximum absolute atomic E-state index is 12.3. The van der Waals surface area contributed by atoms with E-state index in [1.54, 1.807) is 19.2 Å². The Bertz CT molecular complexity index is 765. The smallest absolute Gasteiger partial charge is 0.108 e. The fourth-order valence-corrected chi connectivity index (χ4v) is 4.02. The first kappa shape index (κ1) is 36.0.